The van der Waals surface area contributed by atoms with Crippen LogP contribution in [0.3, 0.4) is 0 Å². The molecule has 0 aliphatic rings. The summed E-state index contributed by atoms with van der Waals surface area (Å²) >= 11 is 1.55. The molecule has 0 saturated carbocycles. The second-order valence-electron chi connectivity index (χ2n) is 7.66. The lowest BCUT2D eigenvalue weighted by Gasteiger charge is -2.18. The molecule has 0 fully saturated rings. The molecule has 3 aromatic rings. The van der Waals surface area contributed by atoms with Crippen LogP contribution in [0.25, 0.3) is 16.5 Å². The van der Waals surface area contributed by atoms with Crippen molar-refractivity contribution in [1.29, 1.82) is 0 Å². The van der Waals surface area contributed by atoms with Gasteiger partial charge in [-0.15, -0.1) is 11.3 Å². The van der Waals surface area contributed by atoms with Gasteiger partial charge in [0.25, 0.3) is 5.56 Å². The highest BCUT2D eigenvalue weighted by atomic mass is 32.1. The Morgan fingerprint density at radius 1 is 1.30 bits per heavy atom. The fourth-order valence-electron chi connectivity index (χ4n) is 2.34. The van der Waals surface area contributed by atoms with E-state index in [1.807, 2.05) is 52.1 Å². The van der Waals surface area contributed by atoms with E-state index in [1.165, 1.54) is 10.7 Å². The summed E-state index contributed by atoms with van der Waals surface area (Å²) in [5.41, 5.74) is 0.533. The molecule has 8 heteroatoms. The minimum absolute atomic E-state index is 0.0889. The summed E-state index contributed by atoms with van der Waals surface area (Å²) in [6.45, 7) is 9.44. The van der Waals surface area contributed by atoms with Crippen molar-refractivity contribution in [3.05, 3.63) is 45.7 Å². The predicted octanol–water partition coefficient (Wildman–Crippen LogP) is 3.79. The van der Waals surface area contributed by atoms with Crippen molar-refractivity contribution >= 4 is 23.1 Å². The minimum atomic E-state index is -0.571. The number of thiophene rings is 1. The van der Waals surface area contributed by atoms with E-state index in [-0.39, 0.29) is 23.3 Å². The van der Waals surface area contributed by atoms with Crippen LogP contribution in [0.5, 0.6) is 0 Å². The molecule has 142 valence electrons. The third kappa shape index (κ3) is 4.16. The second-order valence-corrected chi connectivity index (χ2v) is 8.60. The molecule has 27 heavy (non-hydrogen) atoms. The molecule has 0 atom stereocenters. The first-order chi connectivity index (χ1) is 12.6. The van der Waals surface area contributed by atoms with E-state index in [2.05, 4.69) is 20.4 Å². The Labute approximate surface area is 161 Å². The Morgan fingerprint density at radius 3 is 2.63 bits per heavy atom. The summed E-state index contributed by atoms with van der Waals surface area (Å²) in [7, 11) is 0. The molecule has 0 unspecified atom stereocenters. The second kappa shape index (κ2) is 7.11. The number of hydrogen-bond donors (Lipinski definition) is 2. The molecule has 0 spiro atoms. The maximum absolute atomic E-state index is 12.5. The molecule has 0 radical (unpaired) electrons. The lowest BCUT2D eigenvalue weighted by Crippen LogP contribution is -2.29. The molecular weight excluding hydrogens is 362 g/mol. The van der Waals surface area contributed by atoms with Gasteiger partial charge >= 0.3 is 0 Å². The maximum Gasteiger partial charge on any atom is 0.252 e. The highest BCUT2D eigenvalue weighted by Gasteiger charge is 2.24. The third-order valence-electron chi connectivity index (χ3n) is 3.95. The molecule has 2 N–H and O–H groups in total. The van der Waals surface area contributed by atoms with Crippen molar-refractivity contribution in [2.45, 2.75) is 40.5 Å². The normalized spacial score (nSPS) is 11.8. The number of carbonyl (C=O) groups excluding carboxylic acids is 1. The number of nitrogens with zero attached hydrogens (tertiary/aromatic N) is 3. The molecule has 0 aromatic carbocycles. The molecule has 3 aromatic heterocycles. The van der Waals surface area contributed by atoms with Gasteiger partial charge in [0.1, 0.15) is 11.5 Å². The van der Waals surface area contributed by atoms with Crippen LogP contribution in [-0.2, 0) is 4.79 Å². The Bertz CT molecular complexity index is 1010. The molecule has 7 nitrogen and oxygen atoms in total. The van der Waals surface area contributed by atoms with Crippen LogP contribution in [-0.4, -0.2) is 25.7 Å². The Balaban J connectivity index is 2.13. The number of H-pyrrole nitrogens is 1. The summed E-state index contributed by atoms with van der Waals surface area (Å²) in [5.74, 6) is 0.676. The predicted molar refractivity (Wildman–Crippen MR) is 107 cm³/mol. The van der Waals surface area contributed by atoms with E-state index >= 15 is 0 Å². The van der Waals surface area contributed by atoms with Crippen LogP contribution in [0, 0.1) is 5.41 Å². The first-order valence-electron chi connectivity index (χ1n) is 8.72. The highest BCUT2D eigenvalue weighted by Crippen LogP contribution is 2.28. The van der Waals surface area contributed by atoms with Crippen LogP contribution in [0.4, 0.5) is 5.82 Å². The number of hydrogen-bond acceptors (Lipinski definition) is 5. The smallest absolute Gasteiger partial charge is 0.252 e. The topological polar surface area (TPSA) is 92.7 Å². The van der Waals surface area contributed by atoms with Gasteiger partial charge in [0.05, 0.1) is 10.6 Å². The highest BCUT2D eigenvalue weighted by molar-refractivity contribution is 7.13. The summed E-state index contributed by atoms with van der Waals surface area (Å²) in [6, 6.07) is 7.15. The SMILES string of the molecule is CC(C)c1cc(=O)[nH]c(-n2nc(-c3cccs3)cc2NC(=O)C(C)(C)C)n1. The first kappa shape index (κ1) is 19.0. The van der Waals surface area contributed by atoms with Gasteiger partial charge in [-0.1, -0.05) is 40.7 Å². The average Bonchev–Trinajstić information content (AvgIpc) is 3.22. The average molecular weight is 385 g/mol. The standard InChI is InChI=1S/C19H23N5O2S/c1-11(2)12-10-16(25)22-18(20-12)24-15(21-17(26)19(3,4)5)9-13(23-24)14-7-6-8-27-14/h6-11H,1-5H3,(H,21,26)(H,20,22,25). The van der Waals surface area contributed by atoms with E-state index in [9.17, 15) is 9.59 Å². The molecule has 0 aliphatic carbocycles. The summed E-state index contributed by atoms with van der Waals surface area (Å²) < 4.78 is 1.48. The van der Waals surface area contributed by atoms with Crippen LogP contribution in [0.2, 0.25) is 0 Å². The fraction of sp³-hybridized carbons (Fsp3) is 0.368. The Morgan fingerprint density at radius 2 is 2.04 bits per heavy atom. The zero-order valence-corrected chi connectivity index (χ0v) is 16.8. The van der Waals surface area contributed by atoms with Gasteiger partial charge in [-0.25, -0.2) is 4.98 Å². The molecule has 0 saturated heterocycles. The quantitative estimate of drug-likeness (QED) is 0.714. The van der Waals surface area contributed by atoms with Crippen molar-refractivity contribution in [3.63, 3.8) is 0 Å². The van der Waals surface area contributed by atoms with Crippen molar-refractivity contribution in [2.24, 2.45) is 5.41 Å². The van der Waals surface area contributed by atoms with Gasteiger partial charge < -0.3 is 5.32 Å². The summed E-state index contributed by atoms with van der Waals surface area (Å²) in [5, 5.41) is 9.44. The van der Waals surface area contributed by atoms with Crippen LogP contribution in [0.15, 0.2) is 34.4 Å². The van der Waals surface area contributed by atoms with E-state index in [4.69, 9.17) is 0 Å². The molecule has 1 amide bonds. The molecule has 3 heterocycles. The minimum Gasteiger partial charge on any atom is -0.310 e. The summed E-state index contributed by atoms with van der Waals surface area (Å²) in [6.07, 6.45) is 0. The number of aromatic nitrogens is 4. The zero-order valence-electron chi connectivity index (χ0n) is 16.0. The lowest BCUT2D eigenvalue weighted by atomic mass is 9.96. The number of nitrogens with one attached hydrogen (secondary N) is 2. The molecule has 3 rings (SSSR count). The first-order valence-corrected chi connectivity index (χ1v) is 9.60. The zero-order chi connectivity index (χ0) is 19.8. The van der Waals surface area contributed by atoms with E-state index in [1.54, 1.807) is 17.4 Å². The van der Waals surface area contributed by atoms with Crippen molar-refractivity contribution in [2.75, 3.05) is 5.32 Å². The van der Waals surface area contributed by atoms with Crippen molar-refractivity contribution in [1.82, 2.24) is 19.7 Å². The third-order valence-corrected chi connectivity index (χ3v) is 4.84. The van der Waals surface area contributed by atoms with E-state index in [0.29, 0.717) is 17.2 Å². The lowest BCUT2D eigenvalue weighted by molar-refractivity contribution is -0.123. The largest absolute Gasteiger partial charge is 0.310 e. The molecule has 0 bridgehead atoms. The van der Waals surface area contributed by atoms with Crippen LogP contribution >= 0.6 is 11.3 Å². The number of carbonyl (C=O) groups is 1. The van der Waals surface area contributed by atoms with Gasteiger partial charge in [-0.2, -0.15) is 9.78 Å². The Hall–Kier alpha value is -2.74. The van der Waals surface area contributed by atoms with Gasteiger partial charge in [0, 0.05) is 17.5 Å². The van der Waals surface area contributed by atoms with E-state index in [0.717, 1.165) is 4.88 Å². The van der Waals surface area contributed by atoms with Gasteiger partial charge in [0.2, 0.25) is 11.9 Å². The number of aromatic amines is 1. The van der Waals surface area contributed by atoms with Gasteiger partial charge in [0.15, 0.2) is 0 Å². The van der Waals surface area contributed by atoms with Crippen molar-refractivity contribution < 1.29 is 4.79 Å². The van der Waals surface area contributed by atoms with Crippen LogP contribution < -0.4 is 10.9 Å². The molecule has 0 aliphatic heterocycles. The summed E-state index contributed by atoms with van der Waals surface area (Å²) in [4.78, 5) is 32.8. The fourth-order valence-corrected chi connectivity index (χ4v) is 3.02. The molecular formula is C19H23N5O2S. The number of rotatable bonds is 4. The number of anilines is 1. The number of amides is 1. The van der Waals surface area contributed by atoms with Gasteiger partial charge in [-0.05, 0) is 17.4 Å². The Kier molecular flexibility index (Phi) is 5.01. The van der Waals surface area contributed by atoms with Gasteiger partial charge in [-0.3, -0.25) is 14.6 Å². The van der Waals surface area contributed by atoms with E-state index < -0.39 is 5.41 Å². The monoisotopic (exact) mass is 385 g/mol. The van der Waals surface area contributed by atoms with Crippen molar-refractivity contribution in [3.8, 4) is 16.5 Å². The van der Waals surface area contributed by atoms with Crippen LogP contribution in [0.1, 0.15) is 46.2 Å². The maximum atomic E-state index is 12.5.